The average Bonchev–Trinajstić information content (AvgIpc) is 3.11. The van der Waals surface area contributed by atoms with E-state index < -0.39 is 0 Å². The monoisotopic (exact) mass is 379 g/mol. The summed E-state index contributed by atoms with van der Waals surface area (Å²) in [6.07, 6.45) is 1.78. The zero-order chi connectivity index (χ0) is 16.5. The number of hydrogen-bond acceptors (Lipinski definition) is 3. The van der Waals surface area contributed by atoms with Gasteiger partial charge in [-0.25, -0.2) is 4.68 Å². The number of halogens is 1. The minimum absolute atomic E-state index is 0.858. The molecule has 0 amide bonds. The fourth-order valence-corrected chi connectivity index (χ4v) is 2.98. The lowest BCUT2D eigenvalue weighted by Crippen LogP contribution is -1.99. The van der Waals surface area contributed by atoms with E-state index in [1.807, 2.05) is 41.1 Å². The van der Waals surface area contributed by atoms with Crippen molar-refractivity contribution in [2.45, 2.75) is 0 Å². The summed E-state index contributed by atoms with van der Waals surface area (Å²) in [5.41, 5.74) is 3.00. The summed E-state index contributed by atoms with van der Waals surface area (Å²) >= 11 is 3.46. The van der Waals surface area contributed by atoms with Gasteiger partial charge in [0.25, 0.3) is 0 Å². The maximum atomic E-state index is 5.28. The molecule has 24 heavy (non-hydrogen) atoms. The van der Waals surface area contributed by atoms with E-state index in [1.165, 1.54) is 0 Å². The molecule has 0 saturated carbocycles. The predicted molar refractivity (Wildman–Crippen MR) is 98.6 cm³/mol. The molecular formula is C19H14BrN3O. The molecule has 0 aliphatic carbocycles. The number of methoxy groups -OCH3 is 1. The smallest absolute Gasteiger partial charge is 0.119 e. The first-order chi connectivity index (χ1) is 11.7. The Morgan fingerprint density at radius 2 is 1.67 bits per heavy atom. The molecule has 0 aliphatic rings. The Labute approximate surface area is 147 Å². The average molecular weight is 380 g/mol. The van der Waals surface area contributed by atoms with Gasteiger partial charge in [0.05, 0.1) is 24.7 Å². The van der Waals surface area contributed by atoms with E-state index in [2.05, 4.69) is 50.5 Å². The molecule has 118 valence electrons. The molecule has 0 N–H and O–H groups in total. The molecule has 4 nitrogen and oxygen atoms in total. The Morgan fingerprint density at radius 1 is 0.917 bits per heavy atom. The first-order valence-electron chi connectivity index (χ1n) is 7.49. The van der Waals surface area contributed by atoms with Crippen molar-refractivity contribution in [3.8, 4) is 22.7 Å². The maximum Gasteiger partial charge on any atom is 0.119 e. The summed E-state index contributed by atoms with van der Waals surface area (Å²) in [4.78, 5) is 0. The van der Waals surface area contributed by atoms with E-state index in [9.17, 15) is 0 Å². The van der Waals surface area contributed by atoms with Gasteiger partial charge in [-0.2, -0.15) is 0 Å². The van der Waals surface area contributed by atoms with E-state index in [-0.39, 0.29) is 0 Å². The largest absolute Gasteiger partial charge is 0.497 e. The van der Waals surface area contributed by atoms with Gasteiger partial charge < -0.3 is 4.74 Å². The molecule has 0 saturated heterocycles. The molecule has 5 heteroatoms. The van der Waals surface area contributed by atoms with Crippen molar-refractivity contribution in [1.82, 2.24) is 15.0 Å². The molecular weight excluding hydrogens is 366 g/mol. The summed E-state index contributed by atoms with van der Waals surface area (Å²) < 4.78 is 8.16. The minimum Gasteiger partial charge on any atom is -0.497 e. The number of nitrogens with zero attached hydrogens (tertiary/aromatic N) is 3. The SMILES string of the molecule is COc1ccc2cc(-c3cnnn3-c3ccc(Br)cc3)ccc2c1. The van der Waals surface area contributed by atoms with Gasteiger partial charge in [-0.1, -0.05) is 39.3 Å². The fourth-order valence-electron chi connectivity index (χ4n) is 2.71. The standard InChI is InChI=1S/C19H14BrN3O/c1-24-18-9-4-13-10-15(3-2-14(13)11-18)19-12-21-22-23(19)17-7-5-16(20)6-8-17/h2-12H,1H3. The molecule has 0 atom stereocenters. The third kappa shape index (κ3) is 2.67. The lowest BCUT2D eigenvalue weighted by molar-refractivity contribution is 0.415. The van der Waals surface area contributed by atoms with Crippen LogP contribution < -0.4 is 4.74 Å². The second-order valence-electron chi connectivity index (χ2n) is 5.44. The van der Waals surface area contributed by atoms with Crippen LogP contribution in [0.3, 0.4) is 0 Å². The van der Waals surface area contributed by atoms with Crippen LogP contribution in [0.5, 0.6) is 5.75 Å². The van der Waals surface area contributed by atoms with Gasteiger partial charge in [0.1, 0.15) is 5.75 Å². The second kappa shape index (κ2) is 6.09. The van der Waals surface area contributed by atoms with Crippen molar-refractivity contribution in [2.24, 2.45) is 0 Å². The highest BCUT2D eigenvalue weighted by Gasteiger charge is 2.09. The molecule has 0 radical (unpaired) electrons. The van der Waals surface area contributed by atoms with Crippen molar-refractivity contribution in [2.75, 3.05) is 7.11 Å². The van der Waals surface area contributed by atoms with E-state index in [0.717, 1.165) is 37.9 Å². The van der Waals surface area contributed by atoms with Crippen LogP contribution in [0.4, 0.5) is 0 Å². The number of ether oxygens (including phenoxy) is 1. The summed E-state index contributed by atoms with van der Waals surface area (Å²) in [5, 5.41) is 10.6. The third-order valence-corrected chi connectivity index (χ3v) is 4.49. The van der Waals surface area contributed by atoms with Gasteiger partial charge in [0.15, 0.2) is 0 Å². The first kappa shape index (κ1) is 14.9. The highest BCUT2D eigenvalue weighted by Crippen LogP contribution is 2.28. The highest BCUT2D eigenvalue weighted by atomic mass is 79.9. The van der Waals surface area contributed by atoms with Gasteiger partial charge in [-0.3, -0.25) is 0 Å². The van der Waals surface area contributed by atoms with Crippen molar-refractivity contribution >= 4 is 26.7 Å². The van der Waals surface area contributed by atoms with Gasteiger partial charge in [0.2, 0.25) is 0 Å². The number of aromatic nitrogens is 3. The Kier molecular flexibility index (Phi) is 3.78. The van der Waals surface area contributed by atoms with Gasteiger partial charge in [0, 0.05) is 10.0 Å². The van der Waals surface area contributed by atoms with Gasteiger partial charge in [-0.05, 0) is 53.2 Å². The second-order valence-corrected chi connectivity index (χ2v) is 6.35. The summed E-state index contributed by atoms with van der Waals surface area (Å²) in [7, 11) is 1.68. The Hall–Kier alpha value is -2.66. The van der Waals surface area contributed by atoms with Crippen LogP contribution in [0.2, 0.25) is 0 Å². The van der Waals surface area contributed by atoms with Crippen LogP contribution in [0, 0.1) is 0 Å². The van der Waals surface area contributed by atoms with Crippen molar-refractivity contribution in [3.63, 3.8) is 0 Å². The number of benzene rings is 3. The maximum absolute atomic E-state index is 5.28. The molecule has 3 aromatic carbocycles. The molecule has 1 aromatic heterocycles. The Morgan fingerprint density at radius 3 is 2.46 bits per heavy atom. The third-order valence-electron chi connectivity index (χ3n) is 3.96. The first-order valence-corrected chi connectivity index (χ1v) is 8.29. The molecule has 4 aromatic rings. The summed E-state index contributed by atoms with van der Waals surface area (Å²) in [5.74, 6) is 0.858. The lowest BCUT2D eigenvalue weighted by Gasteiger charge is -2.08. The van der Waals surface area contributed by atoms with Gasteiger partial charge in [-0.15, -0.1) is 5.10 Å². The highest BCUT2D eigenvalue weighted by molar-refractivity contribution is 9.10. The van der Waals surface area contributed by atoms with Gasteiger partial charge >= 0.3 is 0 Å². The number of rotatable bonds is 3. The Balaban J connectivity index is 1.81. The molecule has 0 bridgehead atoms. The van der Waals surface area contributed by atoms with Crippen LogP contribution in [-0.4, -0.2) is 22.1 Å². The van der Waals surface area contributed by atoms with Crippen LogP contribution in [0.15, 0.2) is 71.3 Å². The topological polar surface area (TPSA) is 39.9 Å². The number of fused-ring (bicyclic) bond motifs is 1. The van der Waals surface area contributed by atoms with E-state index in [1.54, 1.807) is 13.3 Å². The summed E-state index contributed by atoms with van der Waals surface area (Å²) in [6.45, 7) is 0. The Bertz CT molecular complexity index is 1010. The van der Waals surface area contributed by atoms with Crippen LogP contribution in [0.1, 0.15) is 0 Å². The minimum atomic E-state index is 0.858. The molecule has 0 unspecified atom stereocenters. The van der Waals surface area contributed by atoms with E-state index in [0.29, 0.717) is 0 Å². The van der Waals surface area contributed by atoms with E-state index >= 15 is 0 Å². The molecule has 0 spiro atoms. The van der Waals surface area contributed by atoms with Crippen LogP contribution >= 0.6 is 15.9 Å². The zero-order valence-electron chi connectivity index (χ0n) is 13.0. The van der Waals surface area contributed by atoms with E-state index in [4.69, 9.17) is 4.74 Å². The lowest BCUT2D eigenvalue weighted by atomic mass is 10.0. The molecule has 0 fully saturated rings. The predicted octanol–water partition coefficient (Wildman–Crippen LogP) is 4.86. The summed E-state index contributed by atoms with van der Waals surface area (Å²) in [6, 6.07) is 20.4. The molecule has 1 heterocycles. The normalized spacial score (nSPS) is 10.9. The number of hydrogen-bond donors (Lipinski definition) is 0. The van der Waals surface area contributed by atoms with Crippen molar-refractivity contribution in [3.05, 3.63) is 71.3 Å². The van der Waals surface area contributed by atoms with Crippen molar-refractivity contribution in [1.29, 1.82) is 0 Å². The van der Waals surface area contributed by atoms with Crippen molar-refractivity contribution < 1.29 is 4.74 Å². The zero-order valence-corrected chi connectivity index (χ0v) is 14.6. The van der Waals surface area contributed by atoms with Crippen LogP contribution in [0.25, 0.3) is 27.7 Å². The molecule has 4 rings (SSSR count). The quantitative estimate of drug-likeness (QED) is 0.510. The fraction of sp³-hybridized carbons (Fsp3) is 0.0526. The molecule has 0 aliphatic heterocycles. The van der Waals surface area contributed by atoms with Crippen LogP contribution in [-0.2, 0) is 0 Å².